The van der Waals surface area contributed by atoms with E-state index in [4.69, 9.17) is 0 Å². The van der Waals surface area contributed by atoms with Crippen molar-refractivity contribution >= 4 is 22.9 Å². The first-order valence-corrected chi connectivity index (χ1v) is 8.50. The highest BCUT2D eigenvalue weighted by atomic mass is 19.1. The number of aromatic amines is 2. The van der Waals surface area contributed by atoms with Gasteiger partial charge in [0.25, 0.3) is 5.56 Å². The first kappa shape index (κ1) is 15.2. The molecule has 0 amide bonds. The zero-order valence-electron chi connectivity index (χ0n) is 14.1. The molecule has 10 heteroatoms. The Kier molecular flexibility index (Phi) is 3.21. The highest BCUT2D eigenvalue weighted by Crippen LogP contribution is 2.35. The van der Waals surface area contributed by atoms with E-state index in [0.29, 0.717) is 23.4 Å². The molecule has 0 saturated carbocycles. The van der Waals surface area contributed by atoms with Crippen LogP contribution in [-0.2, 0) is 0 Å². The maximum Gasteiger partial charge on any atom is 0.288 e. The summed E-state index contributed by atoms with van der Waals surface area (Å²) in [5, 5.41) is 0. The molecule has 2 aliphatic rings. The summed E-state index contributed by atoms with van der Waals surface area (Å²) >= 11 is 0. The van der Waals surface area contributed by atoms with Gasteiger partial charge in [-0.2, -0.15) is 4.39 Å². The van der Waals surface area contributed by atoms with Gasteiger partial charge < -0.3 is 14.8 Å². The summed E-state index contributed by atoms with van der Waals surface area (Å²) in [7, 11) is 0. The molecule has 26 heavy (non-hydrogen) atoms. The minimum Gasteiger partial charge on any atom is -0.354 e. The third-order valence-corrected chi connectivity index (χ3v) is 5.30. The third-order valence-electron chi connectivity index (χ3n) is 5.30. The van der Waals surface area contributed by atoms with Gasteiger partial charge >= 0.3 is 0 Å². The lowest BCUT2D eigenvalue weighted by Gasteiger charge is -2.23. The van der Waals surface area contributed by atoms with Crippen LogP contribution in [0, 0.1) is 24.6 Å². The van der Waals surface area contributed by atoms with Gasteiger partial charge in [-0.1, -0.05) is 0 Å². The van der Waals surface area contributed by atoms with E-state index in [1.54, 1.807) is 6.33 Å². The SMILES string of the molecule is Cc1nc(N2CC3CN(c4ncnc5nc[nH]c45)CC3C2)[nH]c(=O)c1F. The predicted molar refractivity (Wildman–Crippen MR) is 92.6 cm³/mol. The largest absolute Gasteiger partial charge is 0.354 e. The molecule has 3 aromatic rings. The molecule has 2 fully saturated rings. The number of fused-ring (bicyclic) bond motifs is 2. The second-order valence-corrected chi connectivity index (χ2v) is 6.92. The topological polar surface area (TPSA) is 107 Å². The van der Waals surface area contributed by atoms with Crippen molar-refractivity contribution in [3.63, 3.8) is 0 Å². The summed E-state index contributed by atoms with van der Waals surface area (Å²) in [6.45, 7) is 4.77. The van der Waals surface area contributed by atoms with Gasteiger partial charge in [0.2, 0.25) is 11.8 Å². The van der Waals surface area contributed by atoms with Crippen LogP contribution < -0.4 is 15.4 Å². The van der Waals surface area contributed by atoms with E-state index in [1.807, 2.05) is 4.90 Å². The van der Waals surface area contributed by atoms with Crippen molar-refractivity contribution in [1.82, 2.24) is 29.9 Å². The van der Waals surface area contributed by atoms with Gasteiger partial charge in [-0.05, 0) is 6.92 Å². The molecule has 0 aromatic carbocycles. The number of hydrogen-bond acceptors (Lipinski definition) is 7. The van der Waals surface area contributed by atoms with Crippen molar-refractivity contribution in [2.24, 2.45) is 11.8 Å². The third kappa shape index (κ3) is 2.25. The fraction of sp³-hybridized carbons (Fsp3) is 0.438. The van der Waals surface area contributed by atoms with Crippen LogP contribution in [0.2, 0.25) is 0 Å². The van der Waals surface area contributed by atoms with Crippen LogP contribution in [0.5, 0.6) is 0 Å². The van der Waals surface area contributed by atoms with Gasteiger partial charge in [0.15, 0.2) is 11.5 Å². The van der Waals surface area contributed by atoms with E-state index < -0.39 is 11.4 Å². The number of anilines is 2. The van der Waals surface area contributed by atoms with Crippen LogP contribution in [0.1, 0.15) is 5.69 Å². The molecule has 5 heterocycles. The Morgan fingerprint density at radius 2 is 1.85 bits per heavy atom. The number of hydrogen-bond donors (Lipinski definition) is 2. The number of aromatic nitrogens is 6. The zero-order chi connectivity index (χ0) is 17.8. The van der Waals surface area contributed by atoms with Gasteiger partial charge in [-0.15, -0.1) is 0 Å². The average Bonchev–Trinajstić information content (AvgIpc) is 3.32. The number of H-pyrrole nitrogens is 2. The molecule has 0 bridgehead atoms. The zero-order valence-corrected chi connectivity index (χ0v) is 14.1. The maximum atomic E-state index is 13.5. The summed E-state index contributed by atoms with van der Waals surface area (Å²) in [5.74, 6) is 1.37. The molecule has 3 aromatic heterocycles. The summed E-state index contributed by atoms with van der Waals surface area (Å²) in [4.78, 5) is 38.6. The average molecular weight is 356 g/mol. The first-order chi connectivity index (χ1) is 12.6. The summed E-state index contributed by atoms with van der Waals surface area (Å²) in [5.41, 5.74) is 0.931. The first-order valence-electron chi connectivity index (χ1n) is 8.50. The molecule has 2 aliphatic heterocycles. The molecule has 2 unspecified atom stereocenters. The van der Waals surface area contributed by atoms with Crippen molar-refractivity contribution < 1.29 is 4.39 Å². The van der Waals surface area contributed by atoms with Crippen LogP contribution in [0.4, 0.5) is 16.2 Å². The van der Waals surface area contributed by atoms with Crippen LogP contribution >= 0.6 is 0 Å². The van der Waals surface area contributed by atoms with Crippen LogP contribution in [0.25, 0.3) is 11.2 Å². The molecule has 0 spiro atoms. The Labute approximate surface area is 147 Å². The maximum absolute atomic E-state index is 13.5. The monoisotopic (exact) mass is 356 g/mol. The standard InChI is InChI=1S/C16H17FN8O/c1-8-11(17)15(26)23-16(22-8)25-4-9-2-24(3-10(9)5-25)14-12-13(19-6-18-12)20-7-21-14/h6-7,9-10H,2-5H2,1H3,(H,22,23,26)(H,18,19,20,21). The normalized spacial score (nSPS) is 22.4. The Balaban J connectivity index is 1.37. The van der Waals surface area contributed by atoms with E-state index in [1.165, 1.54) is 13.3 Å². The smallest absolute Gasteiger partial charge is 0.288 e. The summed E-state index contributed by atoms with van der Waals surface area (Å²) < 4.78 is 13.5. The molecular formula is C16H17FN8O. The van der Waals surface area contributed by atoms with Crippen LogP contribution in [-0.4, -0.2) is 56.1 Å². The lowest BCUT2D eigenvalue weighted by Crippen LogP contribution is -2.32. The number of nitrogens with one attached hydrogen (secondary N) is 2. The number of nitrogens with zero attached hydrogens (tertiary/aromatic N) is 6. The lowest BCUT2D eigenvalue weighted by atomic mass is 10.0. The lowest BCUT2D eigenvalue weighted by molar-refractivity contribution is 0.533. The van der Waals surface area contributed by atoms with E-state index in [9.17, 15) is 9.18 Å². The molecule has 2 N–H and O–H groups in total. The van der Waals surface area contributed by atoms with E-state index in [0.717, 1.165) is 37.5 Å². The molecule has 134 valence electrons. The second kappa shape index (κ2) is 5.48. The van der Waals surface area contributed by atoms with Gasteiger partial charge in [-0.3, -0.25) is 9.78 Å². The highest BCUT2D eigenvalue weighted by molar-refractivity contribution is 5.82. The van der Waals surface area contributed by atoms with Crippen LogP contribution in [0.15, 0.2) is 17.4 Å². The molecule has 5 rings (SSSR count). The minimum absolute atomic E-state index is 0.130. The summed E-state index contributed by atoms with van der Waals surface area (Å²) in [6.07, 6.45) is 3.16. The number of rotatable bonds is 2. The molecule has 9 nitrogen and oxygen atoms in total. The van der Waals surface area contributed by atoms with Crippen molar-refractivity contribution in [3.8, 4) is 0 Å². The fourth-order valence-corrected chi connectivity index (χ4v) is 4.04. The number of imidazole rings is 1. The molecule has 0 radical (unpaired) electrons. The Bertz CT molecular complexity index is 1030. The minimum atomic E-state index is -0.813. The Morgan fingerprint density at radius 1 is 1.12 bits per heavy atom. The van der Waals surface area contributed by atoms with Crippen molar-refractivity contribution in [2.75, 3.05) is 36.0 Å². The second-order valence-electron chi connectivity index (χ2n) is 6.92. The van der Waals surface area contributed by atoms with E-state index >= 15 is 0 Å². The van der Waals surface area contributed by atoms with E-state index in [2.05, 4.69) is 34.8 Å². The highest BCUT2D eigenvalue weighted by Gasteiger charge is 2.41. The number of aryl methyl sites for hydroxylation is 1. The molecule has 0 aliphatic carbocycles. The molecule has 2 saturated heterocycles. The van der Waals surface area contributed by atoms with Gasteiger partial charge in [0.05, 0.1) is 12.0 Å². The predicted octanol–water partition coefficient (Wildman–Crippen LogP) is 0.456. The van der Waals surface area contributed by atoms with Gasteiger partial charge in [0.1, 0.15) is 11.8 Å². The Morgan fingerprint density at radius 3 is 2.58 bits per heavy atom. The quantitative estimate of drug-likeness (QED) is 0.687. The van der Waals surface area contributed by atoms with Gasteiger partial charge in [-0.25, -0.2) is 19.9 Å². The molecular weight excluding hydrogens is 339 g/mol. The number of halogens is 1. The van der Waals surface area contributed by atoms with Crippen molar-refractivity contribution in [2.45, 2.75) is 6.92 Å². The van der Waals surface area contributed by atoms with Gasteiger partial charge in [0, 0.05) is 38.0 Å². The Hall–Kier alpha value is -3.04. The summed E-state index contributed by atoms with van der Waals surface area (Å²) in [6, 6.07) is 0. The molecule has 2 atom stereocenters. The van der Waals surface area contributed by atoms with Crippen molar-refractivity contribution in [1.29, 1.82) is 0 Å². The van der Waals surface area contributed by atoms with E-state index in [-0.39, 0.29) is 5.69 Å². The van der Waals surface area contributed by atoms with Crippen LogP contribution in [0.3, 0.4) is 0 Å². The van der Waals surface area contributed by atoms with Crippen molar-refractivity contribution in [3.05, 3.63) is 34.5 Å². The fourth-order valence-electron chi connectivity index (χ4n) is 4.04.